The van der Waals surface area contributed by atoms with Crippen LogP contribution in [0.25, 0.3) is 0 Å². The average molecular weight is 268 g/mol. The maximum absolute atomic E-state index is 12.1. The van der Waals surface area contributed by atoms with Gasteiger partial charge in [-0.15, -0.1) is 0 Å². The molecule has 110 valence electrons. The maximum atomic E-state index is 12.1. The molecule has 0 bridgehead atoms. The minimum absolute atomic E-state index is 0.0925. The molecule has 1 saturated carbocycles. The molecule has 0 aromatic rings. The molecule has 19 heavy (non-hydrogen) atoms. The van der Waals surface area contributed by atoms with E-state index in [1.165, 1.54) is 32.1 Å². The third-order valence-corrected chi connectivity index (χ3v) is 4.79. The third kappa shape index (κ3) is 4.18. The smallest absolute Gasteiger partial charge is 0.239 e. The molecule has 2 N–H and O–H groups in total. The quantitative estimate of drug-likeness (QED) is 0.816. The summed E-state index contributed by atoms with van der Waals surface area (Å²) in [6, 6.07) is 0.0779. The molecular weight excluding hydrogens is 240 g/mol. The van der Waals surface area contributed by atoms with Gasteiger partial charge in [0.05, 0.1) is 13.2 Å². The van der Waals surface area contributed by atoms with Gasteiger partial charge in [0.25, 0.3) is 0 Å². The number of carbonyl (C=O) groups is 1. The van der Waals surface area contributed by atoms with Gasteiger partial charge in [0, 0.05) is 12.6 Å². The molecule has 2 rings (SSSR count). The van der Waals surface area contributed by atoms with Crippen LogP contribution in [0.1, 0.15) is 46.0 Å². The van der Waals surface area contributed by atoms with Gasteiger partial charge >= 0.3 is 0 Å². The molecule has 1 heterocycles. The number of hydrogen-bond donors (Lipinski definition) is 2. The van der Waals surface area contributed by atoms with Gasteiger partial charge in [-0.1, -0.05) is 39.0 Å². The van der Waals surface area contributed by atoms with E-state index >= 15 is 0 Å². The Kier molecular flexibility index (Phi) is 5.64. The largest absolute Gasteiger partial charge is 0.378 e. The predicted octanol–water partition coefficient (Wildman–Crippen LogP) is 1.70. The Hall–Kier alpha value is -0.610. The van der Waals surface area contributed by atoms with E-state index in [1.807, 2.05) is 0 Å². The van der Waals surface area contributed by atoms with Crippen molar-refractivity contribution in [2.24, 2.45) is 11.8 Å². The van der Waals surface area contributed by atoms with Gasteiger partial charge < -0.3 is 15.4 Å². The van der Waals surface area contributed by atoms with Crippen molar-refractivity contribution in [2.75, 3.05) is 19.8 Å². The lowest BCUT2D eigenvalue weighted by atomic mass is 9.78. The summed E-state index contributed by atoms with van der Waals surface area (Å²) < 4.78 is 5.34. The molecule has 4 heteroatoms. The standard InChI is InChI=1S/C15H28N2O2/c1-11(13-6-4-3-5-7-13)12(2)17-15(18)14-10-19-9-8-16-14/h11-14,16H,3-10H2,1-2H3,(H,17,18)/t11-,12-,14+/m0/s1. The monoisotopic (exact) mass is 268 g/mol. The summed E-state index contributed by atoms with van der Waals surface area (Å²) in [6.45, 7) is 6.39. The van der Waals surface area contributed by atoms with Crippen LogP contribution < -0.4 is 10.6 Å². The molecule has 0 aromatic heterocycles. The summed E-state index contributed by atoms with van der Waals surface area (Å²) in [5.41, 5.74) is 0. The fraction of sp³-hybridized carbons (Fsp3) is 0.933. The molecule has 1 amide bonds. The topological polar surface area (TPSA) is 50.4 Å². The Morgan fingerprint density at radius 3 is 2.63 bits per heavy atom. The fourth-order valence-corrected chi connectivity index (χ4v) is 3.26. The first-order chi connectivity index (χ1) is 9.18. The van der Waals surface area contributed by atoms with E-state index in [-0.39, 0.29) is 18.0 Å². The average Bonchev–Trinajstić information content (AvgIpc) is 2.48. The van der Waals surface area contributed by atoms with Crippen LogP contribution in [-0.4, -0.2) is 37.7 Å². The highest BCUT2D eigenvalue weighted by molar-refractivity contribution is 5.82. The lowest BCUT2D eigenvalue weighted by Crippen LogP contribution is -2.54. The van der Waals surface area contributed by atoms with Crippen LogP contribution in [0.15, 0.2) is 0 Å². The van der Waals surface area contributed by atoms with Gasteiger partial charge in [-0.2, -0.15) is 0 Å². The fourth-order valence-electron chi connectivity index (χ4n) is 3.26. The number of ether oxygens (including phenoxy) is 1. The summed E-state index contributed by atoms with van der Waals surface area (Å²) in [5, 5.41) is 6.37. The summed E-state index contributed by atoms with van der Waals surface area (Å²) in [6.07, 6.45) is 6.74. The minimum atomic E-state index is -0.172. The van der Waals surface area contributed by atoms with Crippen LogP contribution in [0, 0.1) is 11.8 Å². The zero-order valence-electron chi connectivity index (χ0n) is 12.3. The summed E-state index contributed by atoms with van der Waals surface area (Å²) >= 11 is 0. The van der Waals surface area contributed by atoms with Gasteiger partial charge in [0.1, 0.15) is 6.04 Å². The highest BCUT2D eigenvalue weighted by atomic mass is 16.5. The normalized spacial score (nSPS) is 28.6. The molecule has 2 aliphatic rings. The Balaban J connectivity index is 1.78. The Bertz CT molecular complexity index is 284. The van der Waals surface area contributed by atoms with E-state index in [0.717, 1.165) is 12.5 Å². The van der Waals surface area contributed by atoms with Crippen molar-refractivity contribution in [3.05, 3.63) is 0 Å². The second-order valence-electron chi connectivity index (χ2n) is 6.14. The van der Waals surface area contributed by atoms with E-state index in [9.17, 15) is 4.79 Å². The van der Waals surface area contributed by atoms with E-state index in [2.05, 4.69) is 24.5 Å². The van der Waals surface area contributed by atoms with Crippen LogP contribution >= 0.6 is 0 Å². The molecule has 0 aromatic carbocycles. The third-order valence-electron chi connectivity index (χ3n) is 4.79. The highest BCUT2D eigenvalue weighted by Gasteiger charge is 2.28. The molecule has 1 aliphatic heterocycles. The molecule has 0 radical (unpaired) electrons. The Morgan fingerprint density at radius 2 is 2.00 bits per heavy atom. The van der Waals surface area contributed by atoms with Crippen LogP contribution in [0.2, 0.25) is 0 Å². The van der Waals surface area contributed by atoms with Crippen molar-refractivity contribution in [1.82, 2.24) is 10.6 Å². The van der Waals surface area contributed by atoms with Crippen LogP contribution in [-0.2, 0) is 9.53 Å². The first-order valence-corrected chi connectivity index (χ1v) is 7.80. The van der Waals surface area contributed by atoms with Crippen LogP contribution in [0.3, 0.4) is 0 Å². The SMILES string of the molecule is C[C@H](NC(=O)[C@H]1COCCN1)[C@H](C)C1CCCCC1. The van der Waals surface area contributed by atoms with Gasteiger partial charge in [-0.3, -0.25) is 4.79 Å². The first kappa shape index (κ1) is 14.8. The zero-order valence-corrected chi connectivity index (χ0v) is 12.3. The lowest BCUT2D eigenvalue weighted by molar-refractivity contribution is -0.127. The number of nitrogens with one attached hydrogen (secondary N) is 2. The number of carbonyl (C=O) groups excluding carboxylic acids is 1. The summed E-state index contributed by atoms with van der Waals surface area (Å²) in [4.78, 5) is 12.1. The molecule has 4 nitrogen and oxygen atoms in total. The zero-order chi connectivity index (χ0) is 13.7. The lowest BCUT2D eigenvalue weighted by Gasteiger charge is -2.33. The number of amides is 1. The van der Waals surface area contributed by atoms with Crippen molar-refractivity contribution >= 4 is 5.91 Å². The second kappa shape index (κ2) is 7.25. The molecule has 1 saturated heterocycles. The molecule has 0 unspecified atom stereocenters. The van der Waals surface area contributed by atoms with E-state index in [1.54, 1.807) is 0 Å². The van der Waals surface area contributed by atoms with Crippen molar-refractivity contribution in [2.45, 2.75) is 58.0 Å². The predicted molar refractivity (Wildman–Crippen MR) is 76.0 cm³/mol. The van der Waals surface area contributed by atoms with E-state index in [0.29, 0.717) is 19.1 Å². The maximum Gasteiger partial charge on any atom is 0.239 e. The van der Waals surface area contributed by atoms with Gasteiger partial charge in [0.2, 0.25) is 5.91 Å². The number of hydrogen-bond acceptors (Lipinski definition) is 3. The minimum Gasteiger partial charge on any atom is -0.378 e. The van der Waals surface area contributed by atoms with Gasteiger partial charge in [-0.05, 0) is 18.8 Å². The highest BCUT2D eigenvalue weighted by Crippen LogP contribution is 2.31. The van der Waals surface area contributed by atoms with Gasteiger partial charge in [0.15, 0.2) is 0 Å². The first-order valence-electron chi connectivity index (χ1n) is 7.80. The number of morpholine rings is 1. The van der Waals surface area contributed by atoms with Crippen LogP contribution in [0.5, 0.6) is 0 Å². The van der Waals surface area contributed by atoms with E-state index < -0.39 is 0 Å². The van der Waals surface area contributed by atoms with Crippen molar-refractivity contribution in [3.63, 3.8) is 0 Å². The molecule has 3 atom stereocenters. The van der Waals surface area contributed by atoms with E-state index in [4.69, 9.17) is 4.74 Å². The number of rotatable bonds is 4. The Morgan fingerprint density at radius 1 is 1.26 bits per heavy atom. The van der Waals surface area contributed by atoms with Crippen molar-refractivity contribution in [1.29, 1.82) is 0 Å². The van der Waals surface area contributed by atoms with Crippen LogP contribution in [0.4, 0.5) is 0 Å². The second-order valence-corrected chi connectivity index (χ2v) is 6.14. The van der Waals surface area contributed by atoms with Crippen molar-refractivity contribution < 1.29 is 9.53 Å². The Labute approximate surface area is 116 Å². The summed E-state index contributed by atoms with van der Waals surface area (Å²) in [5.74, 6) is 1.43. The van der Waals surface area contributed by atoms with Crippen molar-refractivity contribution in [3.8, 4) is 0 Å². The molecular formula is C15H28N2O2. The molecule has 1 aliphatic carbocycles. The molecule has 0 spiro atoms. The van der Waals surface area contributed by atoms with Gasteiger partial charge in [-0.25, -0.2) is 0 Å². The molecule has 2 fully saturated rings. The summed E-state index contributed by atoms with van der Waals surface area (Å²) in [7, 11) is 0.